The molecular weight excluding hydrogens is 248 g/mol. The Morgan fingerprint density at radius 2 is 2.33 bits per heavy atom. The molecule has 2 rings (SSSR count). The molecule has 2 heterocycles. The number of aromatic nitrogens is 2. The Kier molecular flexibility index (Phi) is 3.88. The first kappa shape index (κ1) is 12.5. The lowest BCUT2D eigenvalue weighted by Gasteiger charge is -2.19. The molecule has 0 aliphatic carbocycles. The summed E-state index contributed by atoms with van der Waals surface area (Å²) in [5.74, 6) is -0.115. The SMILES string of the molecule is CCN(Cc1ccccn1)C(=O)c1csc(N)n1. The van der Waals surface area contributed by atoms with Gasteiger partial charge in [-0.3, -0.25) is 9.78 Å². The Bertz CT molecular complexity index is 526. The van der Waals surface area contributed by atoms with Crippen molar-refractivity contribution in [2.75, 3.05) is 12.3 Å². The van der Waals surface area contributed by atoms with Crippen LogP contribution in [0.15, 0.2) is 29.8 Å². The lowest BCUT2D eigenvalue weighted by molar-refractivity contribution is 0.0745. The average Bonchev–Trinajstić information content (AvgIpc) is 2.83. The van der Waals surface area contributed by atoms with E-state index in [0.29, 0.717) is 23.9 Å². The second-order valence-corrected chi connectivity index (χ2v) is 4.60. The van der Waals surface area contributed by atoms with Crippen LogP contribution in [-0.4, -0.2) is 27.3 Å². The zero-order chi connectivity index (χ0) is 13.0. The predicted octanol–water partition coefficient (Wildman–Crippen LogP) is 1.78. The summed E-state index contributed by atoms with van der Waals surface area (Å²) in [6, 6.07) is 5.65. The van der Waals surface area contributed by atoms with Gasteiger partial charge in [0.1, 0.15) is 5.69 Å². The first-order chi connectivity index (χ1) is 8.70. The Morgan fingerprint density at radius 3 is 2.89 bits per heavy atom. The van der Waals surface area contributed by atoms with Crippen molar-refractivity contribution in [2.24, 2.45) is 0 Å². The third-order valence-electron chi connectivity index (χ3n) is 2.49. The fourth-order valence-electron chi connectivity index (χ4n) is 1.56. The van der Waals surface area contributed by atoms with Crippen molar-refractivity contribution in [3.05, 3.63) is 41.2 Å². The van der Waals surface area contributed by atoms with Crippen LogP contribution >= 0.6 is 11.3 Å². The Hall–Kier alpha value is -1.95. The number of rotatable bonds is 4. The summed E-state index contributed by atoms with van der Waals surface area (Å²) in [6.45, 7) is 3.01. The van der Waals surface area contributed by atoms with Gasteiger partial charge in [-0.25, -0.2) is 4.98 Å². The van der Waals surface area contributed by atoms with Gasteiger partial charge in [0, 0.05) is 18.1 Å². The molecule has 0 radical (unpaired) electrons. The predicted molar refractivity (Wildman–Crippen MR) is 71.2 cm³/mol. The first-order valence-corrected chi connectivity index (χ1v) is 6.49. The molecular formula is C12H14N4OS. The van der Waals surface area contributed by atoms with Gasteiger partial charge < -0.3 is 10.6 Å². The van der Waals surface area contributed by atoms with Crippen LogP contribution in [0.3, 0.4) is 0 Å². The number of carbonyl (C=O) groups excluding carboxylic acids is 1. The third-order valence-corrected chi connectivity index (χ3v) is 3.16. The molecule has 5 nitrogen and oxygen atoms in total. The normalized spacial score (nSPS) is 10.3. The van der Waals surface area contributed by atoms with Crippen molar-refractivity contribution in [1.29, 1.82) is 0 Å². The minimum atomic E-state index is -0.115. The number of amides is 1. The van der Waals surface area contributed by atoms with Gasteiger partial charge in [-0.15, -0.1) is 11.3 Å². The van der Waals surface area contributed by atoms with E-state index in [1.165, 1.54) is 11.3 Å². The van der Waals surface area contributed by atoms with E-state index >= 15 is 0 Å². The molecule has 0 fully saturated rings. The summed E-state index contributed by atoms with van der Waals surface area (Å²) in [5.41, 5.74) is 6.79. The summed E-state index contributed by atoms with van der Waals surface area (Å²) in [5, 5.41) is 2.09. The number of hydrogen-bond donors (Lipinski definition) is 1. The lowest BCUT2D eigenvalue weighted by Crippen LogP contribution is -2.30. The second-order valence-electron chi connectivity index (χ2n) is 3.71. The Balaban J connectivity index is 2.12. The summed E-state index contributed by atoms with van der Waals surface area (Å²) < 4.78 is 0. The van der Waals surface area contributed by atoms with Gasteiger partial charge in [-0.2, -0.15) is 0 Å². The maximum atomic E-state index is 12.2. The van der Waals surface area contributed by atoms with E-state index < -0.39 is 0 Å². The van der Waals surface area contributed by atoms with Crippen molar-refractivity contribution >= 4 is 22.4 Å². The number of hydrogen-bond acceptors (Lipinski definition) is 5. The first-order valence-electron chi connectivity index (χ1n) is 5.61. The second kappa shape index (κ2) is 5.59. The minimum absolute atomic E-state index is 0.115. The van der Waals surface area contributed by atoms with E-state index in [-0.39, 0.29) is 5.91 Å². The molecule has 0 aliphatic heterocycles. The molecule has 1 amide bonds. The van der Waals surface area contributed by atoms with Crippen molar-refractivity contribution in [3.8, 4) is 0 Å². The number of carbonyl (C=O) groups is 1. The molecule has 0 aromatic carbocycles. The number of nitrogens with two attached hydrogens (primary N) is 1. The molecule has 6 heteroatoms. The topological polar surface area (TPSA) is 72.1 Å². The Labute approximate surface area is 109 Å². The van der Waals surface area contributed by atoms with Gasteiger partial charge >= 0.3 is 0 Å². The zero-order valence-corrected chi connectivity index (χ0v) is 10.9. The fraction of sp³-hybridized carbons (Fsp3) is 0.250. The Morgan fingerprint density at radius 1 is 1.50 bits per heavy atom. The van der Waals surface area contributed by atoms with Gasteiger partial charge in [-0.1, -0.05) is 6.07 Å². The van der Waals surface area contributed by atoms with Crippen molar-refractivity contribution in [3.63, 3.8) is 0 Å². The van der Waals surface area contributed by atoms with Crippen molar-refractivity contribution in [1.82, 2.24) is 14.9 Å². The molecule has 2 aromatic rings. The quantitative estimate of drug-likeness (QED) is 0.911. The standard InChI is InChI=1S/C12H14N4OS/c1-2-16(7-9-5-3-4-6-14-9)11(17)10-8-18-12(13)15-10/h3-6,8H,2,7H2,1H3,(H2,13,15). The monoisotopic (exact) mass is 262 g/mol. The maximum absolute atomic E-state index is 12.2. The lowest BCUT2D eigenvalue weighted by atomic mass is 10.3. The number of nitrogen functional groups attached to an aromatic ring is 1. The molecule has 0 aliphatic rings. The van der Waals surface area contributed by atoms with Gasteiger partial charge in [0.15, 0.2) is 5.13 Å². The fourth-order valence-corrected chi connectivity index (χ4v) is 2.10. The van der Waals surface area contributed by atoms with E-state index in [0.717, 1.165) is 5.69 Å². The summed E-state index contributed by atoms with van der Waals surface area (Å²) in [4.78, 5) is 22.1. The van der Waals surface area contributed by atoms with Gasteiger partial charge in [0.2, 0.25) is 0 Å². The molecule has 0 saturated heterocycles. The summed E-state index contributed by atoms with van der Waals surface area (Å²) in [7, 11) is 0. The zero-order valence-electron chi connectivity index (χ0n) is 10.0. The molecule has 94 valence electrons. The highest BCUT2D eigenvalue weighted by molar-refractivity contribution is 7.13. The molecule has 2 N–H and O–H groups in total. The van der Waals surface area contributed by atoms with Crippen molar-refractivity contribution in [2.45, 2.75) is 13.5 Å². The highest BCUT2D eigenvalue weighted by Crippen LogP contribution is 2.14. The smallest absolute Gasteiger partial charge is 0.273 e. The molecule has 0 unspecified atom stereocenters. The molecule has 0 atom stereocenters. The molecule has 0 spiro atoms. The largest absolute Gasteiger partial charge is 0.375 e. The molecule has 0 bridgehead atoms. The average molecular weight is 262 g/mol. The van der Waals surface area contributed by atoms with Crippen LogP contribution in [0.5, 0.6) is 0 Å². The number of pyridine rings is 1. The van der Waals surface area contributed by atoms with E-state index in [4.69, 9.17) is 5.73 Å². The van der Waals surface area contributed by atoms with E-state index in [2.05, 4.69) is 9.97 Å². The molecule has 18 heavy (non-hydrogen) atoms. The highest BCUT2D eigenvalue weighted by atomic mass is 32.1. The summed E-state index contributed by atoms with van der Waals surface area (Å²) >= 11 is 1.27. The number of anilines is 1. The van der Waals surface area contributed by atoms with Crippen LogP contribution < -0.4 is 5.73 Å². The maximum Gasteiger partial charge on any atom is 0.273 e. The van der Waals surface area contributed by atoms with Crippen LogP contribution in [0.2, 0.25) is 0 Å². The van der Waals surface area contributed by atoms with Gasteiger partial charge in [-0.05, 0) is 19.1 Å². The van der Waals surface area contributed by atoms with E-state index in [1.807, 2.05) is 25.1 Å². The van der Waals surface area contributed by atoms with E-state index in [9.17, 15) is 4.79 Å². The van der Waals surface area contributed by atoms with Crippen LogP contribution in [0.25, 0.3) is 0 Å². The molecule has 0 saturated carbocycles. The van der Waals surface area contributed by atoms with Gasteiger partial charge in [0.25, 0.3) is 5.91 Å². The highest BCUT2D eigenvalue weighted by Gasteiger charge is 2.17. The van der Waals surface area contributed by atoms with Crippen LogP contribution in [0.1, 0.15) is 23.1 Å². The van der Waals surface area contributed by atoms with Crippen LogP contribution in [0.4, 0.5) is 5.13 Å². The summed E-state index contributed by atoms with van der Waals surface area (Å²) in [6.07, 6.45) is 1.72. The number of thiazole rings is 1. The third kappa shape index (κ3) is 2.84. The molecule has 2 aromatic heterocycles. The van der Waals surface area contributed by atoms with E-state index in [1.54, 1.807) is 16.5 Å². The van der Waals surface area contributed by atoms with Crippen molar-refractivity contribution < 1.29 is 4.79 Å². The van der Waals surface area contributed by atoms with Crippen LogP contribution in [0, 0.1) is 0 Å². The minimum Gasteiger partial charge on any atom is -0.375 e. The van der Waals surface area contributed by atoms with Crippen LogP contribution in [-0.2, 0) is 6.54 Å². The van der Waals surface area contributed by atoms with Gasteiger partial charge in [0.05, 0.1) is 12.2 Å². The number of nitrogens with zero attached hydrogens (tertiary/aromatic N) is 3.